The number of hydrogen-bond acceptors (Lipinski definition) is 3. The molecule has 1 unspecified atom stereocenters. The maximum Gasteiger partial charge on any atom is 0.634 e. The van der Waals surface area contributed by atoms with Gasteiger partial charge < -0.3 is 14.7 Å². The van der Waals surface area contributed by atoms with Gasteiger partial charge in [0.25, 0.3) is 0 Å². The van der Waals surface area contributed by atoms with Crippen LogP contribution in [0.3, 0.4) is 0 Å². The summed E-state index contributed by atoms with van der Waals surface area (Å²) in [5.41, 5.74) is -1.35. The highest BCUT2D eigenvalue weighted by Gasteiger charge is 2.57. The van der Waals surface area contributed by atoms with E-state index in [0.29, 0.717) is 42.4 Å². The minimum Gasteiger partial charge on any atom is -0.402 e. The van der Waals surface area contributed by atoms with Crippen molar-refractivity contribution in [1.82, 2.24) is 0 Å². The van der Waals surface area contributed by atoms with E-state index in [-0.39, 0.29) is 0 Å². The zero-order valence-electron chi connectivity index (χ0n) is 17.5. The Kier molecular flexibility index (Phi) is 6.42. The zero-order chi connectivity index (χ0) is 22.8. The highest BCUT2D eigenvalue weighted by atomic mass is 19.1. The summed E-state index contributed by atoms with van der Waals surface area (Å²) in [6, 6.07) is 17.7. The Morgan fingerprint density at radius 1 is 0.656 bits per heavy atom. The Bertz CT molecular complexity index is 1050. The summed E-state index contributed by atoms with van der Waals surface area (Å²) in [7, 11) is -2.18. The average molecular weight is 440 g/mol. The number of rotatable bonds is 5. The van der Waals surface area contributed by atoms with Crippen LogP contribution in [0, 0.1) is 17.5 Å². The molecule has 3 nitrogen and oxygen atoms in total. The predicted molar refractivity (Wildman–Crippen MR) is 116 cm³/mol. The Labute approximate surface area is 185 Å². The zero-order valence-corrected chi connectivity index (χ0v) is 17.5. The molecule has 0 bridgehead atoms. The molecule has 4 rings (SSSR count). The molecule has 1 aliphatic rings. The lowest BCUT2D eigenvalue weighted by molar-refractivity contribution is -0.0458. The van der Waals surface area contributed by atoms with Crippen LogP contribution in [0.4, 0.5) is 13.2 Å². The summed E-state index contributed by atoms with van der Waals surface area (Å²) < 4.78 is 49.3. The van der Waals surface area contributed by atoms with Gasteiger partial charge in [0, 0.05) is 0 Å². The second-order valence-corrected chi connectivity index (χ2v) is 8.27. The number of benzene rings is 3. The largest absolute Gasteiger partial charge is 0.634 e. The van der Waals surface area contributed by atoms with Crippen LogP contribution in [0.2, 0.25) is 0 Å². The Morgan fingerprint density at radius 2 is 1.12 bits per heavy atom. The molecule has 1 aliphatic carbocycles. The summed E-state index contributed by atoms with van der Waals surface area (Å²) >= 11 is 0. The summed E-state index contributed by atoms with van der Waals surface area (Å²) in [6.07, 6.45) is 2.85. The van der Waals surface area contributed by atoms with E-state index >= 15 is 0 Å². The molecule has 0 aromatic heterocycles. The van der Waals surface area contributed by atoms with Gasteiger partial charge in [0.15, 0.2) is 0 Å². The van der Waals surface area contributed by atoms with Crippen LogP contribution in [-0.4, -0.2) is 17.4 Å². The van der Waals surface area contributed by atoms with Crippen molar-refractivity contribution in [1.29, 1.82) is 0 Å². The molecular weight excluding hydrogens is 416 g/mol. The first kappa shape index (κ1) is 22.6. The maximum absolute atomic E-state index is 14.5. The van der Waals surface area contributed by atoms with E-state index in [2.05, 4.69) is 0 Å². The quantitative estimate of drug-likeness (QED) is 0.422. The molecule has 1 fully saturated rings. The normalized spacial score (nSPS) is 20.5. The molecule has 0 heterocycles. The van der Waals surface area contributed by atoms with E-state index in [4.69, 9.17) is 4.65 Å². The first-order chi connectivity index (χ1) is 15.4. The molecule has 7 heteroatoms. The second kappa shape index (κ2) is 9.10. The van der Waals surface area contributed by atoms with Crippen molar-refractivity contribution < 1.29 is 27.9 Å². The van der Waals surface area contributed by atoms with Crippen molar-refractivity contribution in [2.24, 2.45) is 0 Å². The first-order valence-corrected chi connectivity index (χ1v) is 10.7. The van der Waals surface area contributed by atoms with Crippen LogP contribution in [0.5, 0.6) is 0 Å². The molecule has 0 amide bonds. The summed E-state index contributed by atoms with van der Waals surface area (Å²) in [6.45, 7) is 0. The molecule has 1 atom stereocenters. The highest BCUT2D eigenvalue weighted by Crippen LogP contribution is 2.57. The van der Waals surface area contributed by atoms with E-state index in [0.717, 1.165) is 6.42 Å². The van der Waals surface area contributed by atoms with Crippen molar-refractivity contribution >= 4 is 7.32 Å². The van der Waals surface area contributed by atoms with E-state index in [9.17, 15) is 23.2 Å². The number of halogens is 3. The average Bonchev–Trinajstić information content (AvgIpc) is 2.94. The van der Waals surface area contributed by atoms with Gasteiger partial charge in [-0.3, -0.25) is 0 Å². The van der Waals surface area contributed by atoms with Crippen molar-refractivity contribution in [3.63, 3.8) is 0 Å². The van der Waals surface area contributed by atoms with E-state index in [1.807, 2.05) is 0 Å². The molecule has 0 aliphatic heterocycles. The third-order valence-electron chi connectivity index (χ3n) is 6.50. The molecule has 166 valence electrons. The van der Waals surface area contributed by atoms with E-state index < -0.39 is 35.8 Å². The summed E-state index contributed by atoms with van der Waals surface area (Å²) in [4.78, 5) is 0. The van der Waals surface area contributed by atoms with Crippen LogP contribution >= 0.6 is 0 Å². The van der Waals surface area contributed by atoms with Crippen LogP contribution in [0.15, 0.2) is 72.8 Å². The van der Waals surface area contributed by atoms with Gasteiger partial charge in [-0.25, -0.2) is 13.2 Å². The first-order valence-electron chi connectivity index (χ1n) is 10.7. The van der Waals surface area contributed by atoms with Gasteiger partial charge in [-0.05, 0) is 65.9 Å². The van der Waals surface area contributed by atoms with Crippen LogP contribution in [0.1, 0.15) is 48.8 Å². The third-order valence-corrected chi connectivity index (χ3v) is 6.50. The SMILES string of the molecule is OB(O)OC1(c2cccc(F)c2)CCCCCC1(c1cccc(F)c1)c1cccc(F)c1. The van der Waals surface area contributed by atoms with E-state index in [1.165, 1.54) is 42.5 Å². The van der Waals surface area contributed by atoms with Gasteiger partial charge in [0.1, 0.15) is 17.5 Å². The standard InChI is InChI=1S/C25H24BF3O3/c27-21-10-4-7-18(15-21)24(19-8-5-11-22(28)16-19)13-2-1-3-14-25(24,32-26(30)31)20-9-6-12-23(29)17-20/h4-12,15-17,30-31H,1-3,13-14H2. The lowest BCUT2D eigenvalue weighted by Gasteiger charge is -2.51. The third kappa shape index (κ3) is 3.96. The predicted octanol–water partition coefficient (Wildman–Crippen LogP) is 5.24. The lowest BCUT2D eigenvalue weighted by atomic mass is 9.57. The van der Waals surface area contributed by atoms with Crippen LogP contribution < -0.4 is 0 Å². The summed E-state index contributed by atoms with van der Waals surface area (Å²) in [5.74, 6) is -1.49. The number of hydrogen-bond donors (Lipinski definition) is 2. The molecular formula is C25H24BF3O3. The molecule has 0 saturated heterocycles. The molecule has 32 heavy (non-hydrogen) atoms. The van der Waals surface area contributed by atoms with Crippen molar-refractivity contribution in [2.75, 3.05) is 0 Å². The van der Waals surface area contributed by atoms with Crippen LogP contribution in [-0.2, 0) is 15.7 Å². The van der Waals surface area contributed by atoms with Gasteiger partial charge in [-0.15, -0.1) is 0 Å². The van der Waals surface area contributed by atoms with Gasteiger partial charge in [0.05, 0.1) is 11.0 Å². The molecule has 0 radical (unpaired) electrons. The highest BCUT2D eigenvalue weighted by molar-refractivity contribution is 6.32. The van der Waals surface area contributed by atoms with E-state index in [1.54, 1.807) is 30.3 Å². The fraction of sp³-hybridized carbons (Fsp3) is 0.280. The van der Waals surface area contributed by atoms with Crippen molar-refractivity contribution in [3.8, 4) is 0 Å². The Morgan fingerprint density at radius 3 is 1.62 bits per heavy atom. The van der Waals surface area contributed by atoms with Gasteiger partial charge in [-0.2, -0.15) is 0 Å². The Balaban J connectivity index is 2.13. The molecule has 1 saturated carbocycles. The minimum absolute atomic E-state index is 0.293. The monoisotopic (exact) mass is 440 g/mol. The molecule has 2 N–H and O–H groups in total. The smallest absolute Gasteiger partial charge is 0.402 e. The summed E-state index contributed by atoms with van der Waals surface area (Å²) in [5, 5.41) is 20.0. The molecule has 3 aromatic rings. The molecule has 0 spiro atoms. The fourth-order valence-electron chi connectivity index (χ4n) is 5.32. The lowest BCUT2D eigenvalue weighted by Crippen LogP contribution is -2.54. The fourth-order valence-corrected chi connectivity index (χ4v) is 5.32. The molecule has 3 aromatic carbocycles. The topological polar surface area (TPSA) is 49.7 Å². The van der Waals surface area contributed by atoms with Crippen LogP contribution in [0.25, 0.3) is 0 Å². The van der Waals surface area contributed by atoms with Crippen molar-refractivity contribution in [2.45, 2.75) is 43.1 Å². The van der Waals surface area contributed by atoms with Gasteiger partial charge in [0.2, 0.25) is 0 Å². The maximum atomic E-state index is 14.5. The van der Waals surface area contributed by atoms with Gasteiger partial charge in [-0.1, -0.05) is 55.7 Å². The Hall–Kier alpha value is -2.61. The van der Waals surface area contributed by atoms with Crippen molar-refractivity contribution in [3.05, 3.63) is 107 Å². The minimum atomic E-state index is -2.18. The second-order valence-electron chi connectivity index (χ2n) is 8.27. The van der Waals surface area contributed by atoms with Gasteiger partial charge >= 0.3 is 7.32 Å².